The van der Waals surface area contributed by atoms with Crippen LogP contribution in [-0.2, 0) is 4.79 Å². The molecule has 1 heterocycles. The molecule has 1 aromatic carbocycles. The Morgan fingerprint density at radius 2 is 1.91 bits per heavy atom. The van der Waals surface area contributed by atoms with Crippen LogP contribution in [0.25, 0.3) is 0 Å². The van der Waals surface area contributed by atoms with Crippen LogP contribution in [0.1, 0.15) is 44.2 Å². The maximum Gasteiger partial charge on any atom is 0.222 e. The monoisotopic (exact) mass is 310 g/mol. The molecule has 3 nitrogen and oxygen atoms in total. The Morgan fingerprint density at radius 1 is 1.32 bits per heavy atom. The van der Waals surface area contributed by atoms with Crippen LogP contribution < -0.4 is 5.32 Å². The van der Waals surface area contributed by atoms with E-state index in [-0.39, 0.29) is 11.5 Å². The Bertz CT molecular complexity index is 495. The minimum atomic E-state index is -0.610. The van der Waals surface area contributed by atoms with Crippen LogP contribution in [0.3, 0.4) is 0 Å². The molecule has 1 N–H and O–H groups in total. The Labute approximate surface area is 130 Å². The van der Waals surface area contributed by atoms with E-state index in [1.54, 1.807) is 14.0 Å². The summed E-state index contributed by atoms with van der Waals surface area (Å²) in [5, 5.41) is 3.30. The van der Waals surface area contributed by atoms with Gasteiger partial charge in [-0.25, -0.2) is 8.78 Å². The lowest BCUT2D eigenvalue weighted by molar-refractivity contribution is -0.132. The van der Waals surface area contributed by atoms with Crippen molar-refractivity contribution < 1.29 is 13.6 Å². The van der Waals surface area contributed by atoms with Gasteiger partial charge in [-0.3, -0.25) is 4.79 Å². The molecule has 0 bridgehead atoms. The predicted octanol–water partition coefficient (Wildman–Crippen LogP) is 3.26. The number of hydrogen-bond donors (Lipinski definition) is 1. The van der Waals surface area contributed by atoms with Gasteiger partial charge in [0, 0.05) is 19.0 Å². The molecule has 1 aliphatic rings. The van der Waals surface area contributed by atoms with Gasteiger partial charge in [-0.1, -0.05) is 6.07 Å². The number of rotatable bonds is 5. The van der Waals surface area contributed by atoms with Crippen LogP contribution in [0.5, 0.6) is 0 Å². The summed E-state index contributed by atoms with van der Waals surface area (Å²) in [6.07, 6.45) is 3.46. The van der Waals surface area contributed by atoms with Crippen molar-refractivity contribution in [2.45, 2.75) is 38.6 Å². The van der Waals surface area contributed by atoms with Gasteiger partial charge in [-0.2, -0.15) is 0 Å². The van der Waals surface area contributed by atoms with Crippen molar-refractivity contribution in [1.82, 2.24) is 10.2 Å². The first kappa shape index (κ1) is 16.9. The molecule has 1 aromatic rings. The predicted molar refractivity (Wildman–Crippen MR) is 82.4 cm³/mol. The summed E-state index contributed by atoms with van der Waals surface area (Å²) in [5.41, 5.74) is -0.0415. The first-order chi connectivity index (χ1) is 10.5. The van der Waals surface area contributed by atoms with Gasteiger partial charge in [0.15, 0.2) is 0 Å². The normalized spacial score (nSPS) is 17.3. The minimum Gasteiger partial charge on any atom is -0.339 e. The molecule has 0 aromatic heterocycles. The molecule has 5 heteroatoms. The summed E-state index contributed by atoms with van der Waals surface area (Å²) in [6.45, 7) is 3.67. The lowest BCUT2D eigenvalue weighted by Crippen LogP contribution is -2.32. The molecule has 1 amide bonds. The third-order valence-electron chi connectivity index (χ3n) is 4.62. The van der Waals surface area contributed by atoms with Crippen LogP contribution in [0.15, 0.2) is 18.2 Å². The smallest absolute Gasteiger partial charge is 0.222 e. The number of hydrogen-bond acceptors (Lipinski definition) is 2. The minimum absolute atomic E-state index is 0.0415. The number of amides is 1. The van der Waals surface area contributed by atoms with Gasteiger partial charge in [0.05, 0.1) is 6.04 Å². The van der Waals surface area contributed by atoms with Crippen LogP contribution in [-0.4, -0.2) is 30.9 Å². The number of nitrogens with one attached hydrogen (secondary N) is 1. The van der Waals surface area contributed by atoms with Crippen molar-refractivity contribution in [3.05, 3.63) is 35.4 Å². The fourth-order valence-corrected chi connectivity index (χ4v) is 2.99. The molecule has 1 saturated heterocycles. The van der Waals surface area contributed by atoms with E-state index in [1.807, 2.05) is 0 Å². The van der Waals surface area contributed by atoms with Gasteiger partial charge < -0.3 is 10.2 Å². The highest BCUT2D eigenvalue weighted by Gasteiger charge is 2.24. The van der Waals surface area contributed by atoms with Gasteiger partial charge in [0.25, 0.3) is 0 Å². The average molecular weight is 310 g/mol. The van der Waals surface area contributed by atoms with Gasteiger partial charge in [0.1, 0.15) is 11.6 Å². The van der Waals surface area contributed by atoms with E-state index < -0.39 is 17.7 Å². The van der Waals surface area contributed by atoms with E-state index in [1.165, 1.54) is 23.1 Å². The summed E-state index contributed by atoms with van der Waals surface area (Å²) in [6, 6.07) is 3.17. The van der Waals surface area contributed by atoms with Gasteiger partial charge in [-0.05, 0) is 57.3 Å². The van der Waals surface area contributed by atoms with Gasteiger partial charge in [-0.15, -0.1) is 0 Å². The van der Waals surface area contributed by atoms with Crippen LogP contribution >= 0.6 is 0 Å². The molecule has 0 saturated carbocycles. The quantitative estimate of drug-likeness (QED) is 0.905. The maximum atomic E-state index is 13.8. The summed E-state index contributed by atoms with van der Waals surface area (Å²) in [5.74, 6) is -0.705. The molecule has 1 aliphatic heterocycles. The van der Waals surface area contributed by atoms with E-state index in [9.17, 15) is 13.6 Å². The van der Waals surface area contributed by atoms with Gasteiger partial charge in [0.2, 0.25) is 5.91 Å². The molecule has 0 aliphatic carbocycles. The molecular formula is C17H24F2N2O. The Hall–Kier alpha value is -1.49. The van der Waals surface area contributed by atoms with Gasteiger partial charge >= 0.3 is 0 Å². The summed E-state index contributed by atoms with van der Waals surface area (Å²) in [4.78, 5) is 13.7. The van der Waals surface area contributed by atoms with E-state index in [0.29, 0.717) is 12.3 Å². The summed E-state index contributed by atoms with van der Waals surface area (Å²) < 4.78 is 27.6. The number of nitrogens with zero attached hydrogens (tertiary/aromatic N) is 1. The summed E-state index contributed by atoms with van der Waals surface area (Å²) in [7, 11) is 1.61. The van der Waals surface area contributed by atoms with Crippen molar-refractivity contribution in [2.75, 3.05) is 20.1 Å². The van der Waals surface area contributed by atoms with Crippen molar-refractivity contribution in [2.24, 2.45) is 5.92 Å². The standard InChI is InChI=1S/C17H24F2N2O/c1-12(17-14(18)4-3-5-15(17)19)21(2)16(22)7-6-13-8-10-20-11-9-13/h3-5,12-13,20H,6-11H2,1-2H3. The van der Waals surface area contributed by atoms with Crippen LogP contribution in [0.2, 0.25) is 0 Å². The van der Waals surface area contributed by atoms with Crippen molar-refractivity contribution in [3.8, 4) is 0 Å². The van der Waals surface area contributed by atoms with Crippen LogP contribution in [0.4, 0.5) is 8.78 Å². The average Bonchev–Trinajstić information content (AvgIpc) is 2.52. The Morgan fingerprint density at radius 3 is 2.50 bits per heavy atom. The Kier molecular flexibility index (Phi) is 5.89. The highest BCUT2D eigenvalue weighted by molar-refractivity contribution is 5.76. The second kappa shape index (κ2) is 7.68. The SMILES string of the molecule is CC(c1c(F)cccc1F)N(C)C(=O)CCC1CCNCC1. The van der Waals surface area contributed by atoms with E-state index in [4.69, 9.17) is 0 Å². The van der Waals surface area contributed by atoms with Crippen molar-refractivity contribution in [1.29, 1.82) is 0 Å². The summed E-state index contributed by atoms with van der Waals surface area (Å²) >= 11 is 0. The molecule has 122 valence electrons. The maximum absolute atomic E-state index is 13.8. The van der Waals surface area contributed by atoms with Crippen LogP contribution in [0, 0.1) is 17.6 Å². The molecule has 0 spiro atoms. The molecule has 2 rings (SSSR count). The van der Waals surface area contributed by atoms with Crippen molar-refractivity contribution in [3.63, 3.8) is 0 Å². The lowest BCUT2D eigenvalue weighted by Gasteiger charge is -2.27. The number of benzene rings is 1. The second-order valence-corrected chi connectivity index (χ2v) is 6.05. The number of piperidine rings is 1. The van der Waals surface area contributed by atoms with E-state index in [2.05, 4.69) is 5.32 Å². The number of halogens is 2. The second-order valence-electron chi connectivity index (χ2n) is 6.05. The zero-order valence-electron chi connectivity index (χ0n) is 13.2. The number of carbonyl (C=O) groups excluding carboxylic acids is 1. The first-order valence-corrected chi connectivity index (χ1v) is 7.91. The molecule has 1 fully saturated rings. The van der Waals surface area contributed by atoms with E-state index in [0.717, 1.165) is 32.4 Å². The Balaban J connectivity index is 1.94. The highest BCUT2D eigenvalue weighted by Crippen LogP contribution is 2.26. The molecular weight excluding hydrogens is 286 g/mol. The zero-order chi connectivity index (χ0) is 16.1. The third kappa shape index (κ3) is 4.03. The molecule has 0 radical (unpaired) electrons. The first-order valence-electron chi connectivity index (χ1n) is 7.91. The van der Waals surface area contributed by atoms with Crippen molar-refractivity contribution >= 4 is 5.91 Å². The fraction of sp³-hybridized carbons (Fsp3) is 0.588. The molecule has 22 heavy (non-hydrogen) atoms. The fourth-order valence-electron chi connectivity index (χ4n) is 2.99. The molecule has 1 unspecified atom stereocenters. The zero-order valence-corrected chi connectivity index (χ0v) is 13.2. The highest BCUT2D eigenvalue weighted by atomic mass is 19.1. The molecule has 1 atom stereocenters. The van der Waals surface area contributed by atoms with E-state index >= 15 is 0 Å². The lowest BCUT2D eigenvalue weighted by atomic mass is 9.93. The number of carbonyl (C=O) groups is 1. The largest absolute Gasteiger partial charge is 0.339 e. The third-order valence-corrected chi connectivity index (χ3v) is 4.62. The topological polar surface area (TPSA) is 32.3 Å².